The van der Waals surface area contributed by atoms with Crippen molar-refractivity contribution in [3.8, 4) is 0 Å². The molecule has 0 bridgehead atoms. The summed E-state index contributed by atoms with van der Waals surface area (Å²) in [5.74, 6) is -0.897. The average molecular weight is 387 g/mol. The first-order valence-electron chi connectivity index (χ1n) is 7.93. The number of carbonyl (C=O) groups excluding carboxylic acids is 1. The number of amides is 1. The standard InChI is InChI=1S/C19H14FNO3S2/c20-13-8-6-12(7-9-13)15-10-17(22)21-18-16(11-25-19(15)18)26(23,24)14-4-2-1-3-5-14/h1-9,11,15H,10H2,(H,21,22). The van der Waals surface area contributed by atoms with E-state index in [0.29, 0.717) is 5.69 Å². The smallest absolute Gasteiger partial charge is 0.225 e. The van der Waals surface area contributed by atoms with E-state index in [9.17, 15) is 17.6 Å². The van der Waals surface area contributed by atoms with Gasteiger partial charge in [0.15, 0.2) is 0 Å². The fourth-order valence-corrected chi connectivity index (χ4v) is 6.02. The number of halogens is 1. The van der Waals surface area contributed by atoms with Gasteiger partial charge in [0.2, 0.25) is 15.7 Å². The van der Waals surface area contributed by atoms with Crippen molar-refractivity contribution in [3.63, 3.8) is 0 Å². The molecule has 7 heteroatoms. The van der Waals surface area contributed by atoms with Gasteiger partial charge in [-0.05, 0) is 29.8 Å². The van der Waals surface area contributed by atoms with Crippen LogP contribution in [-0.2, 0) is 14.6 Å². The Kier molecular flexibility index (Phi) is 4.13. The highest BCUT2D eigenvalue weighted by Crippen LogP contribution is 2.45. The van der Waals surface area contributed by atoms with Crippen molar-refractivity contribution in [2.75, 3.05) is 5.32 Å². The Bertz CT molecular complexity index is 1070. The highest BCUT2D eigenvalue weighted by atomic mass is 32.2. The van der Waals surface area contributed by atoms with Gasteiger partial charge in [0, 0.05) is 22.6 Å². The van der Waals surface area contributed by atoms with Gasteiger partial charge in [-0.15, -0.1) is 11.3 Å². The Morgan fingerprint density at radius 1 is 1.04 bits per heavy atom. The Labute approximate surface area is 154 Å². The second kappa shape index (κ2) is 6.34. The summed E-state index contributed by atoms with van der Waals surface area (Å²) in [6, 6.07) is 14.1. The van der Waals surface area contributed by atoms with Crippen molar-refractivity contribution in [1.29, 1.82) is 0 Å². The monoisotopic (exact) mass is 387 g/mol. The molecule has 1 unspecified atom stereocenters. The van der Waals surface area contributed by atoms with Crippen LogP contribution in [0, 0.1) is 5.82 Å². The fraction of sp³-hybridized carbons (Fsp3) is 0.105. The van der Waals surface area contributed by atoms with Crippen LogP contribution in [0.5, 0.6) is 0 Å². The third kappa shape index (κ3) is 2.83. The minimum absolute atomic E-state index is 0.101. The van der Waals surface area contributed by atoms with E-state index in [-0.39, 0.29) is 33.9 Å². The van der Waals surface area contributed by atoms with E-state index in [0.717, 1.165) is 10.4 Å². The fourth-order valence-electron chi connectivity index (χ4n) is 3.09. The number of rotatable bonds is 3. The zero-order valence-corrected chi connectivity index (χ0v) is 15.1. The summed E-state index contributed by atoms with van der Waals surface area (Å²) in [5.41, 5.74) is 1.12. The summed E-state index contributed by atoms with van der Waals surface area (Å²) in [6.07, 6.45) is 0.198. The molecular formula is C19H14FNO3S2. The Morgan fingerprint density at radius 2 is 1.73 bits per heavy atom. The first-order valence-corrected chi connectivity index (χ1v) is 10.3. The van der Waals surface area contributed by atoms with E-state index >= 15 is 0 Å². The van der Waals surface area contributed by atoms with Gasteiger partial charge in [0.1, 0.15) is 10.7 Å². The number of nitrogens with one attached hydrogen (secondary N) is 1. The number of fused-ring (bicyclic) bond motifs is 1. The van der Waals surface area contributed by atoms with E-state index in [4.69, 9.17) is 0 Å². The predicted octanol–water partition coefficient (Wildman–Crippen LogP) is 4.19. The molecular weight excluding hydrogens is 373 g/mol. The molecule has 1 aliphatic heterocycles. The minimum Gasteiger partial charge on any atom is -0.324 e. The van der Waals surface area contributed by atoms with Gasteiger partial charge in [0.25, 0.3) is 0 Å². The topological polar surface area (TPSA) is 63.2 Å². The molecule has 2 heterocycles. The second-order valence-electron chi connectivity index (χ2n) is 6.01. The normalized spacial score (nSPS) is 16.8. The largest absolute Gasteiger partial charge is 0.324 e. The molecule has 26 heavy (non-hydrogen) atoms. The maximum Gasteiger partial charge on any atom is 0.225 e. The van der Waals surface area contributed by atoms with E-state index < -0.39 is 9.84 Å². The summed E-state index contributed by atoms with van der Waals surface area (Å²) in [7, 11) is -3.74. The molecule has 1 atom stereocenters. The van der Waals surface area contributed by atoms with Crippen LogP contribution in [0.4, 0.5) is 10.1 Å². The lowest BCUT2D eigenvalue weighted by Gasteiger charge is -2.23. The lowest BCUT2D eigenvalue weighted by atomic mass is 9.91. The quantitative estimate of drug-likeness (QED) is 0.733. The molecule has 2 aromatic carbocycles. The van der Waals surface area contributed by atoms with Gasteiger partial charge >= 0.3 is 0 Å². The van der Waals surface area contributed by atoms with E-state index in [2.05, 4.69) is 5.32 Å². The van der Waals surface area contributed by atoms with Gasteiger partial charge in [0.05, 0.1) is 10.6 Å². The van der Waals surface area contributed by atoms with Crippen LogP contribution in [0.3, 0.4) is 0 Å². The Balaban J connectivity index is 1.83. The van der Waals surface area contributed by atoms with Crippen LogP contribution in [0.25, 0.3) is 0 Å². The number of thiophene rings is 1. The number of benzene rings is 2. The molecule has 0 spiro atoms. The number of hydrogen-bond acceptors (Lipinski definition) is 4. The van der Waals surface area contributed by atoms with Crippen LogP contribution >= 0.6 is 11.3 Å². The number of hydrogen-bond donors (Lipinski definition) is 1. The lowest BCUT2D eigenvalue weighted by Crippen LogP contribution is -2.23. The molecule has 0 aliphatic carbocycles. The van der Waals surface area contributed by atoms with Gasteiger partial charge in [-0.25, -0.2) is 12.8 Å². The zero-order valence-electron chi connectivity index (χ0n) is 13.5. The van der Waals surface area contributed by atoms with Crippen molar-refractivity contribution >= 4 is 32.8 Å². The van der Waals surface area contributed by atoms with Gasteiger partial charge in [-0.2, -0.15) is 0 Å². The van der Waals surface area contributed by atoms with Crippen LogP contribution in [0.1, 0.15) is 22.8 Å². The van der Waals surface area contributed by atoms with E-state index in [1.807, 2.05) is 0 Å². The summed E-state index contributed by atoms with van der Waals surface area (Å²) < 4.78 is 39.2. The third-order valence-corrected chi connectivity index (χ3v) is 7.41. The molecule has 3 aromatic rings. The van der Waals surface area contributed by atoms with Gasteiger partial charge in [-0.3, -0.25) is 4.79 Å². The summed E-state index contributed by atoms with van der Waals surface area (Å²) in [6.45, 7) is 0. The molecule has 0 fully saturated rings. The molecule has 1 N–H and O–H groups in total. The molecule has 0 radical (unpaired) electrons. The predicted molar refractivity (Wildman–Crippen MR) is 97.7 cm³/mol. The van der Waals surface area contributed by atoms with E-state index in [1.165, 1.54) is 35.6 Å². The summed E-state index contributed by atoms with van der Waals surface area (Å²) >= 11 is 1.30. The van der Waals surface area contributed by atoms with Crippen molar-refractivity contribution in [2.45, 2.75) is 22.1 Å². The molecule has 132 valence electrons. The van der Waals surface area contributed by atoms with Crippen LogP contribution in [-0.4, -0.2) is 14.3 Å². The summed E-state index contributed by atoms with van der Waals surface area (Å²) in [5, 5.41) is 4.28. The van der Waals surface area contributed by atoms with Crippen LogP contribution in [0.15, 0.2) is 69.8 Å². The number of carbonyl (C=O) groups is 1. The lowest BCUT2D eigenvalue weighted by molar-refractivity contribution is -0.116. The average Bonchev–Trinajstić information content (AvgIpc) is 3.07. The number of sulfone groups is 1. The maximum atomic E-state index is 13.2. The molecule has 0 saturated heterocycles. The molecule has 0 saturated carbocycles. The van der Waals surface area contributed by atoms with Crippen molar-refractivity contribution in [2.24, 2.45) is 0 Å². The SMILES string of the molecule is O=C1CC(c2ccc(F)cc2)c2scc(S(=O)(=O)c3ccccc3)c2N1. The first-order chi connectivity index (χ1) is 12.5. The first kappa shape index (κ1) is 16.9. The molecule has 1 aliphatic rings. The van der Waals surface area contributed by atoms with Gasteiger partial charge < -0.3 is 5.32 Å². The van der Waals surface area contributed by atoms with Crippen LogP contribution < -0.4 is 5.32 Å². The van der Waals surface area contributed by atoms with E-state index in [1.54, 1.807) is 35.7 Å². The maximum absolute atomic E-state index is 13.2. The highest BCUT2D eigenvalue weighted by Gasteiger charge is 2.34. The van der Waals surface area contributed by atoms with Crippen molar-refractivity contribution < 1.29 is 17.6 Å². The molecule has 1 aromatic heterocycles. The summed E-state index contributed by atoms with van der Waals surface area (Å²) in [4.78, 5) is 13.3. The second-order valence-corrected chi connectivity index (χ2v) is 8.84. The molecule has 4 rings (SSSR count). The van der Waals surface area contributed by atoms with Crippen molar-refractivity contribution in [1.82, 2.24) is 0 Å². The third-order valence-electron chi connectivity index (χ3n) is 4.37. The number of anilines is 1. The minimum atomic E-state index is -3.74. The molecule has 1 amide bonds. The van der Waals surface area contributed by atoms with Gasteiger partial charge in [-0.1, -0.05) is 30.3 Å². The van der Waals surface area contributed by atoms with Crippen molar-refractivity contribution in [3.05, 3.63) is 76.2 Å². The zero-order chi connectivity index (χ0) is 18.3. The Hall–Kier alpha value is -2.51. The highest BCUT2D eigenvalue weighted by molar-refractivity contribution is 7.91. The van der Waals surface area contributed by atoms with Crippen LogP contribution in [0.2, 0.25) is 0 Å². The molecule has 4 nitrogen and oxygen atoms in total. The Morgan fingerprint density at radius 3 is 2.42 bits per heavy atom.